The number of halogens is 2. The molecular formula is C17H16F2N2O6. The van der Waals surface area contributed by atoms with E-state index in [-0.39, 0.29) is 18.7 Å². The lowest BCUT2D eigenvalue weighted by atomic mass is 10.1. The fourth-order valence-corrected chi connectivity index (χ4v) is 1.94. The molecule has 2 rings (SSSR count). The molecule has 8 nitrogen and oxygen atoms in total. The van der Waals surface area contributed by atoms with E-state index in [9.17, 15) is 23.2 Å². The van der Waals surface area contributed by atoms with Crippen molar-refractivity contribution in [3.8, 4) is 5.75 Å². The van der Waals surface area contributed by atoms with Crippen LogP contribution in [0.2, 0.25) is 0 Å². The number of rotatable bonds is 8. The van der Waals surface area contributed by atoms with Crippen LogP contribution in [-0.2, 0) is 27.3 Å². The number of amides is 3. The van der Waals surface area contributed by atoms with Crippen molar-refractivity contribution < 1.29 is 37.1 Å². The van der Waals surface area contributed by atoms with Crippen LogP contribution >= 0.6 is 0 Å². The molecule has 1 aromatic heterocycles. The molecule has 0 unspecified atom stereocenters. The number of furan rings is 1. The van der Waals surface area contributed by atoms with E-state index >= 15 is 0 Å². The molecule has 0 aliphatic heterocycles. The lowest BCUT2D eigenvalue weighted by molar-refractivity contribution is -0.147. The first-order chi connectivity index (χ1) is 12.9. The second-order valence-electron chi connectivity index (χ2n) is 5.17. The maximum Gasteiger partial charge on any atom is 0.387 e. The smallest absolute Gasteiger partial charge is 0.387 e. The molecule has 0 saturated heterocycles. The van der Waals surface area contributed by atoms with Gasteiger partial charge in [0.15, 0.2) is 6.61 Å². The van der Waals surface area contributed by atoms with Crippen LogP contribution in [0.4, 0.5) is 13.6 Å². The zero-order valence-corrected chi connectivity index (χ0v) is 13.9. The molecule has 27 heavy (non-hydrogen) atoms. The highest BCUT2D eigenvalue weighted by molar-refractivity contribution is 5.95. The third-order valence-corrected chi connectivity index (χ3v) is 3.12. The largest absolute Gasteiger partial charge is 0.467 e. The van der Waals surface area contributed by atoms with Gasteiger partial charge in [0, 0.05) is 0 Å². The molecule has 144 valence electrons. The maximum atomic E-state index is 12.1. The minimum absolute atomic E-state index is 0.0398. The number of imide groups is 1. The Morgan fingerprint density at radius 2 is 1.85 bits per heavy atom. The Morgan fingerprint density at radius 1 is 1.11 bits per heavy atom. The summed E-state index contributed by atoms with van der Waals surface area (Å²) in [5.74, 6) is -1.05. The van der Waals surface area contributed by atoms with Crippen molar-refractivity contribution in [2.75, 3.05) is 6.61 Å². The van der Waals surface area contributed by atoms with Gasteiger partial charge >= 0.3 is 18.6 Å². The number of carbonyl (C=O) groups excluding carboxylic acids is 3. The van der Waals surface area contributed by atoms with Gasteiger partial charge in [0.25, 0.3) is 5.91 Å². The Bertz CT molecular complexity index is 762. The summed E-state index contributed by atoms with van der Waals surface area (Å²) in [6, 6.07) is 7.94. The number of esters is 1. The zero-order valence-electron chi connectivity index (χ0n) is 13.9. The summed E-state index contributed by atoms with van der Waals surface area (Å²) in [5, 5.41) is 4.38. The summed E-state index contributed by atoms with van der Waals surface area (Å²) < 4.78 is 38.0. The van der Waals surface area contributed by atoms with Crippen molar-refractivity contribution in [2.24, 2.45) is 0 Å². The highest BCUT2D eigenvalue weighted by atomic mass is 19.3. The highest BCUT2D eigenvalue weighted by Gasteiger charge is 2.12. The first-order valence-electron chi connectivity index (χ1n) is 7.72. The molecule has 0 aliphatic rings. The van der Waals surface area contributed by atoms with Crippen LogP contribution in [0.3, 0.4) is 0 Å². The Morgan fingerprint density at radius 3 is 2.48 bits per heavy atom. The Balaban J connectivity index is 1.66. The molecule has 1 heterocycles. The predicted octanol–water partition coefficient (Wildman–Crippen LogP) is 1.99. The first-order valence-corrected chi connectivity index (χ1v) is 7.72. The van der Waals surface area contributed by atoms with Gasteiger partial charge in [-0.05, 0) is 29.8 Å². The number of nitrogens with one attached hydrogen (secondary N) is 2. The van der Waals surface area contributed by atoms with E-state index in [2.05, 4.69) is 10.1 Å². The van der Waals surface area contributed by atoms with Crippen molar-refractivity contribution in [1.29, 1.82) is 0 Å². The molecule has 0 spiro atoms. The van der Waals surface area contributed by atoms with Crippen molar-refractivity contribution in [2.45, 2.75) is 19.6 Å². The molecule has 0 aliphatic carbocycles. The first kappa shape index (κ1) is 19.9. The van der Waals surface area contributed by atoms with Gasteiger partial charge in [-0.25, -0.2) is 4.79 Å². The molecule has 0 radical (unpaired) electrons. The quantitative estimate of drug-likeness (QED) is 0.677. The van der Waals surface area contributed by atoms with Gasteiger partial charge in [0.1, 0.15) is 11.5 Å². The number of hydrogen-bond acceptors (Lipinski definition) is 6. The van der Waals surface area contributed by atoms with Crippen LogP contribution in [0, 0.1) is 0 Å². The van der Waals surface area contributed by atoms with E-state index in [1.54, 1.807) is 12.1 Å². The average Bonchev–Trinajstić information content (AvgIpc) is 3.13. The molecule has 0 bridgehead atoms. The average molecular weight is 382 g/mol. The molecule has 1 aromatic carbocycles. The van der Waals surface area contributed by atoms with Crippen molar-refractivity contribution >= 4 is 17.9 Å². The monoisotopic (exact) mass is 382 g/mol. The maximum absolute atomic E-state index is 12.1. The second-order valence-corrected chi connectivity index (χ2v) is 5.17. The van der Waals surface area contributed by atoms with Gasteiger partial charge in [-0.2, -0.15) is 8.78 Å². The van der Waals surface area contributed by atoms with Crippen LogP contribution < -0.4 is 15.4 Å². The van der Waals surface area contributed by atoms with Crippen LogP contribution in [-0.4, -0.2) is 31.1 Å². The number of benzene rings is 1. The van der Waals surface area contributed by atoms with E-state index in [0.29, 0.717) is 11.3 Å². The summed E-state index contributed by atoms with van der Waals surface area (Å²) in [7, 11) is 0. The van der Waals surface area contributed by atoms with E-state index in [4.69, 9.17) is 9.15 Å². The molecule has 3 amide bonds. The molecule has 2 aromatic rings. The summed E-state index contributed by atoms with van der Waals surface area (Å²) in [4.78, 5) is 34.7. The lowest BCUT2D eigenvalue weighted by Gasteiger charge is -2.07. The number of urea groups is 1. The Hall–Kier alpha value is -3.43. The third kappa shape index (κ3) is 7.55. The van der Waals surface area contributed by atoms with Crippen LogP contribution in [0.1, 0.15) is 11.3 Å². The van der Waals surface area contributed by atoms with Gasteiger partial charge < -0.3 is 19.2 Å². The number of alkyl halides is 2. The van der Waals surface area contributed by atoms with Crippen LogP contribution in [0.15, 0.2) is 47.1 Å². The normalized spacial score (nSPS) is 10.3. The summed E-state index contributed by atoms with van der Waals surface area (Å²) >= 11 is 0. The Kier molecular flexibility index (Phi) is 7.29. The SMILES string of the molecule is O=C(COC(=O)Cc1ccc(OC(F)F)cc1)NC(=O)NCc1ccco1. The molecule has 10 heteroatoms. The molecule has 2 N–H and O–H groups in total. The van der Waals surface area contributed by atoms with Crippen molar-refractivity contribution in [1.82, 2.24) is 10.6 Å². The van der Waals surface area contributed by atoms with Gasteiger partial charge in [0.05, 0.1) is 19.2 Å². The van der Waals surface area contributed by atoms with E-state index in [0.717, 1.165) is 0 Å². The van der Waals surface area contributed by atoms with E-state index < -0.39 is 31.1 Å². The molecule has 0 fully saturated rings. The molecule has 0 atom stereocenters. The fraction of sp³-hybridized carbons (Fsp3) is 0.235. The zero-order chi connectivity index (χ0) is 19.6. The van der Waals surface area contributed by atoms with E-state index in [1.807, 2.05) is 5.32 Å². The van der Waals surface area contributed by atoms with E-state index in [1.165, 1.54) is 30.5 Å². The summed E-state index contributed by atoms with van der Waals surface area (Å²) in [6.45, 7) is -3.48. The lowest BCUT2D eigenvalue weighted by Crippen LogP contribution is -2.41. The van der Waals surface area contributed by atoms with Crippen LogP contribution in [0.25, 0.3) is 0 Å². The van der Waals surface area contributed by atoms with Gasteiger partial charge in [-0.1, -0.05) is 12.1 Å². The van der Waals surface area contributed by atoms with Gasteiger partial charge in [0.2, 0.25) is 0 Å². The minimum atomic E-state index is -2.93. The predicted molar refractivity (Wildman–Crippen MR) is 86.8 cm³/mol. The highest BCUT2D eigenvalue weighted by Crippen LogP contribution is 2.15. The van der Waals surface area contributed by atoms with Gasteiger partial charge in [-0.15, -0.1) is 0 Å². The number of ether oxygens (including phenoxy) is 2. The molecule has 0 saturated carbocycles. The van der Waals surface area contributed by atoms with Crippen molar-refractivity contribution in [3.63, 3.8) is 0 Å². The van der Waals surface area contributed by atoms with Gasteiger partial charge in [-0.3, -0.25) is 14.9 Å². The van der Waals surface area contributed by atoms with Crippen LogP contribution in [0.5, 0.6) is 5.75 Å². The summed E-state index contributed by atoms with van der Waals surface area (Å²) in [5.41, 5.74) is 0.484. The van der Waals surface area contributed by atoms with Crippen molar-refractivity contribution in [3.05, 3.63) is 54.0 Å². The fourth-order valence-electron chi connectivity index (χ4n) is 1.94. The topological polar surface area (TPSA) is 107 Å². The number of hydrogen-bond donors (Lipinski definition) is 2. The Labute approximate surface area is 152 Å². The third-order valence-electron chi connectivity index (χ3n) is 3.12. The standard InChI is InChI=1S/C17H16F2N2O6/c18-16(19)27-12-5-3-11(4-6-12)8-15(23)26-10-14(22)21-17(24)20-9-13-2-1-7-25-13/h1-7,16H,8-10H2,(H2,20,21,22,24). The second kappa shape index (κ2) is 9.90. The minimum Gasteiger partial charge on any atom is -0.467 e. The molecular weight excluding hydrogens is 366 g/mol. The summed E-state index contributed by atoms with van der Waals surface area (Å²) in [6.07, 6.45) is 1.27. The number of carbonyl (C=O) groups is 3.